The fourth-order valence-electron chi connectivity index (χ4n) is 2.59. The number of hydrogen-bond acceptors (Lipinski definition) is 2. The SMILES string of the molecule is CC1CCCC(C(=O)c2ccc(N)c(Br)c2)C1. The van der Waals surface area contributed by atoms with Gasteiger partial charge in [0.15, 0.2) is 5.78 Å². The fourth-order valence-corrected chi connectivity index (χ4v) is 2.97. The number of nitrogen functional groups attached to an aromatic ring is 1. The van der Waals surface area contributed by atoms with Gasteiger partial charge in [0.2, 0.25) is 0 Å². The predicted octanol–water partition coefficient (Wildman–Crippen LogP) is 4.04. The van der Waals surface area contributed by atoms with E-state index in [9.17, 15) is 4.79 Å². The van der Waals surface area contributed by atoms with Crippen LogP contribution in [0.1, 0.15) is 43.0 Å². The van der Waals surface area contributed by atoms with Crippen molar-refractivity contribution in [3.05, 3.63) is 28.2 Å². The maximum Gasteiger partial charge on any atom is 0.165 e. The van der Waals surface area contributed by atoms with E-state index in [1.165, 1.54) is 12.8 Å². The number of rotatable bonds is 2. The molecule has 0 bridgehead atoms. The van der Waals surface area contributed by atoms with Crippen LogP contribution in [0.2, 0.25) is 0 Å². The molecule has 0 radical (unpaired) electrons. The van der Waals surface area contributed by atoms with Crippen LogP contribution in [0.3, 0.4) is 0 Å². The van der Waals surface area contributed by atoms with Gasteiger partial charge >= 0.3 is 0 Å². The maximum absolute atomic E-state index is 12.3. The minimum Gasteiger partial charge on any atom is -0.398 e. The predicted molar refractivity (Wildman–Crippen MR) is 74.0 cm³/mol. The highest BCUT2D eigenvalue weighted by molar-refractivity contribution is 9.10. The van der Waals surface area contributed by atoms with Crippen molar-refractivity contribution in [3.8, 4) is 0 Å². The van der Waals surface area contributed by atoms with E-state index in [0.717, 1.165) is 22.9 Å². The van der Waals surface area contributed by atoms with Gasteiger partial charge in [-0.2, -0.15) is 0 Å². The van der Waals surface area contributed by atoms with Crippen LogP contribution in [0.15, 0.2) is 22.7 Å². The van der Waals surface area contributed by atoms with Gasteiger partial charge in [0.1, 0.15) is 0 Å². The molecule has 0 heterocycles. The monoisotopic (exact) mass is 295 g/mol. The Morgan fingerprint density at radius 2 is 2.18 bits per heavy atom. The van der Waals surface area contributed by atoms with Crippen LogP contribution in [0.25, 0.3) is 0 Å². The highest BCUT2D eigenvalue weighted by Gasteiger charge is 2.25. The fraction of sp³-hybridized carbons (Fsp3) is 0.500. The number of ketones is 1. The molecular weight excluding hydrogens is 278 g/mol. The molecule has 0 saturated heterocycles. The Balaban J connectivity index is 2.15. The molecule has 1 aliphatic rings. The molecule has 0 spiro atoms. The largest absolute Gasteiger partial charge is 0.398 e. The van der Waals surface area contributed by atoms with E-state index in [1.807, 2.05) is 12.1 Å². The minimum atomic E-state index is 0.203. The molecule has 3 heteroatoms. The number of anilines is 1. The first kappa shape index (κ1) is 12.6. The molecule has 2 N–H and O–H groups in total. The highest BCUT2D eigenvalue weighted by Crippen LogP contribution is 2.32. The van der Waals surface area contributed by atoms with E-state index in [-0.39, 0.29) is 11.7 Å². The molecule has 17 heavy (non-hydrogen) atoms. The van der Waals surface area contributed by atoms with Crippen molar-refractivity contribution >= 4 is 27.4 Å². The van der Waals surface area contributed by atoms with E-state index in [1.54, 1.807) is 6.07 Å². The van der Waals surface area contributed by atoms with Crippen molar-refractivity contribution in [2.75, 3.05) is 5.73 Å². The summed E-state index contributed by atoms with van der Waals surface area (Å²) in [5.41, 5.74) is 7.19. The number of carbonyl (C=O) groups is 1. The molecular formula is C14H18BrNO. The number of Topliss-reactive ketones (excluding diaryl/α,β-unsaturated/α-hetero) is 1. The van der Waals surface area contributed by atoms with Gasteiger partial charge in [0.05, 0.1) is 0 Å². The summed E-state index contributed by atoms with van der Waals surface area (Å²) in [5, 5.41) is 0. The third kappa shape index (κ3) is 2.89. The van der Waals surface area contributed by atoms with E-state index in [0.29, 0.717) is 11.6 Å². The Morgan fingerprint density at radius 3 is 2.82 bits per heavy atom. The summed E-state index contributed by atoms with van der Waals surface area (Å²) in [6.45, 7) is 2.23. The summed E-state index contributed by atoms with van der Waals surface area (Å²) in [4.78, 5) is 12.3. The summed E-state index contributed by atoms with van der Waals surface area (Å²) < 4.78 is 0.812. The number of halogens is 1. The van der Waals surface area contributed by atoms with E-state index < -0.39 is 0 Å². The molecule has 2 atom stereocenters. The quantitative estimate of drug-likeness (QED) is 0.661. The first-order valence-electron chi connectivity index (χ1n) is 6.17. The van der Waals surface area contributed by atoms with Crippen molar-refractivity contribution < 1.29 is 4.79 Å². The molecule has 1 saturated carbocycles. The average molecular weight is 296 g/mol. The topological polar surface area (TPSA) is 43.1 Å². The van der Waals surface area contributed by atoms with Gasteiger partial charge in [-0.3, -0.25) is 4.79 Å². The van der Waals surface area contributed by atoms with E-state index in [4.69, 9.17) is 5.73 Å². The Kier molecular flexibility index (Phi) is 3.87. The summed E-state index contributed by atoms with van der Waals surface area (Å²) in [5.74, 6) is 1.15. The van der Waals surface area contributed by atoms with Crippen molar-refractivity contribution in [1.29, 1.82) is 0 Å². The molecule has 2 nitrogen and oxygen atoms in total. The molecule has 2 rings (SSSR count). The van der Waals surface area contributed by atoms with Gasteiger partial charge < -0.3 is 5.73 Å². The van der Waals surface area contributed by atoms with E-state index >= 15 is 0 Å². The standard InChI is InChI=1S/C14H18BrNO/c1-9-3-2-4-10(7-9)14(17)11-5-6-13(16)12(15)8-11/h5-6,8-10H,2-4,7,16H2,1H3. The second kappa shape index (κ2) is 5.21. The average Bonchev–Trinajstić information content (AvgIpc) is 2.32. The van der Waals surface area contributed by atoms with Gasteiger partial charge in [-0.05, 0) is 52.9 Å². The maximum atomic E-state index is 12.3. The van der Waals surface area contributed by atoms with Crippen LogP contribution >= 0.6 is 15.9 Å². The molecule has 1 aromatic carbocycles. The van der Waals surface area contributed by atoms with Crippen LogP contribution in [0, 0.1) is 11.8 Å². The van der Waals surface area contributed by atoms with Crippen molar-refractivity contribution in [2.45, 2.75) is 32.6 Å². The number of hydrogen-bond donors (Lipinski definition) is 1. The first-order valence-corrected chi connectivity index (χ1v) is 6.96. The van der Waals surface area contributed by atoms with Crippen molar-refractivity contribution in [2.24, 2.45) is 11.8 Å². The molecule has 92 valence electrons. The zero-order chi connectivity index (χ0) is 12.4. The summed E-state index contributed by atoms with van der Waals surface area (Å²) >= 11 is 3.37. The molecule has 1 fully saturated rings. The van der Waals surface area contributed by atoms with Gasteiger partial charge in [0.25, 0.3) is 0 Å². The van der Waals surface area contributed by atoms with Gasteiger partial charge in [-0.25, -0.2) is 0 Å². The summed E-state index contributed by atoms with van der Waals surface area (Å²) in [7, 11) is 0. The van der Waals surface area contributed by atoms with Gasteiger partial charge in [-0.15, -0.1) is 0 Å². The lowest BCUT2D eigenvalue weighted by molar-refractivity contribution is 0.0868. The molecule has 0 amide bonds. The lowest BCUT2D eigenvalue weighted by atomic mass is 9.79. The second-order valence-corrected chi connectivity index (χ2v) is 5.92. The van der Waals surface area contributed by atoms with Gasteiger partial charge in [0, 0.05) is 21.6 Å². The second-order valence-electron chi connectivity index (χ2n) is 5.07. The smallest absolute Gasteiger partial charge is 0.165 e. The van der Waals surface area contributed by atoms with Crippen LogP contribution in [-0.4, -0.2) is 5.78 Å². The van der Waals surface area contributed by atoms with Crippen LogP contribution in [0.5, 0.6) is 0 Å². The van der Waals surface area contributed by atoms with Crippen LogP contribution < -0.4 is 5.73 Å². The molecule has 0 aliphatic heterocycles. The normalized spacial score (nSPS) is 24.6. The Hall–Kier alpha value is -0.830. The Bertz CT molecular complexity index is 430. The zero-order valence-corrected chi connectivity index (χ0v) is 11.7. The lowest BCUT2D eigenvalue weighted by Gasteiger charge is -2.25. The van der Waals surface area contributed by atoms with Crippen molar-refractivity contribution in [3.63, 3.8) is 0 Å². The van der Waals surface area contributed by atoms with Crippen LogP contribution in [0.4, 0.5) is 5.69 Å². The Labute approximate surface area is 111 Å². The minimum absolute atomic E-state index is 0.203. The number of carbonyl (C=O) groups excluding carboxylic acids is 1. The van der Waals surface area contributed by atoms with Gasteiger partial charge in [-0.1, -0.05) is 19.8 Å². The zero-order valence-electron chi connectivity index (χ0n) is 10.1. The lowest BCUT2D eigenvalue weighted by Crippen LogP contribution is -2.21. The third-order valence-electron chi connectivity index (χ3n) is 3.59. The third-order valence-corrected chi connectivity index (χ3v) is 4.28. The molecule has 2 unspecified atom stereocenters. The van der Waals surface area contributed by atoms with Crippen molar-refractivity contribution in [1.82, 2.24) is 0 Å². The molecule has 1 aromatic rings. The first-order chi connectivity index (χ1) is 8.08. The number of nitrogens with two attached hydrogens (primary N) is 1. The number of benzene rings is 1. The van der Waals surface area contributed by atoms with E-state index in [2.05, 4.69) is 22.9 Å². The molecule has 0 aromatic heterocycles. The summed E-state index contributed by atoms with van der Waals surface area (Å²) in [6, 6.07) is 5.47. The summed E-state index contributed by atoms with van der Waals surface area (Å²) in [6.07, 6.45) is 4.49. The van der Waals surface area contributed by atoms with Crippen LogP contribution in [-0.2, 0) is 0 Å². The molecule has 1 aliphatic carbocycles. The Morgan fingerprint density at radius 1 is 1.41 bits per heavy atom. The highest BCUT2D eigenvalue weighted by atomic mass is 79.9.